The Morgan fingerprint density at radius 3 is 1.94 bits per heavy atom. The molecule has 8 aromatic rings. The van der Waals surface area contributed by atoms with E-state index in [4.69, 9.17) is 12.3 Å². The van der Waals surface area contributed by atoms with E-state index in [1.165, 1.54) is 11.6 Å². The Morgan fingerprint density at radius 2 is 1.25 bits per heavy atom. The number of rotatable bonds is 6. The largest absolute Gasteiger partial charge is 0.333 e. The summed E-state index contributed by atoms with van der Waals surface area (Å²) >= 11 is 0. The maximum atomic E-state index is 9.49. The van der Waals surface area contributed by atoms with E-state index in [-0.39, 0.29) is 16.1 Å². The van der Waals surface area contributed by atoms with Crippen molar-refractivity contribution in [3.63, 3.8) is 0 Å². The molecule has 1 aliphatic heterocycles. The number of hydrogen-bond acceptors (Lipinski definition) is 2. The van der Waals surface area contributed by atoms with E-state index in [0.717, 1.165) is 58.9 Å². The van der Waals surface area contributed by atoms with Crippen molar-refractivity contribution in [1.29, 1.82) is 0 Å². The number of benzene rings is 6. The Bertz CT molecular complexity index is 3250. The lowest BCUT2D eigenvalue weighted by Crippen LogP contribution is -2.74. The van der Waals surface area contributed by atoms with Crippen LogP contribution in [0, 0.1) is 0 Å². The van der Waals surface area contributed by atoms with Gasteiger partial charge in [-0.3, -0.25) is 4.98 Å². The van der Waals surface area contributed by atoms with Crippen LogP contribution in [0.5, 0.6) is 0 Å². The van der Waals surface area contributed by atoms with Crippen LogP contribution in [-0.4, -0.2) is 23.2 Å². The third-order valence-electron chi connectivity index (χ3n) is 12.0. The van der Waals surface area contributed by atoms with Gasteiger partial charge in [-0.1, -0.05) is 141 Å². The van der Waals surface area contributed by atoms with Crippen molar-refractivity contribution in [2.75, 3.05) is 4.90 Å². The van der Waals surface area contributed by atoms with Crippen LogP contribution in [0.4, 0.5) is 11.4 Å². The summed E-state index contributed by atoms with van der Waals surface area (Å²) in [6, 6.07) is 10.7. The van der Waals surface area contributed by atoms with Crippen LogP contribution in [-0.2, 0) is 5.41 Å². The molecule has 0 radical (unpaired) electrons. The first-order valence-corrected chi connectivity index (χ1v) is 19.9. The third-order valence-corrected chi connectivity index (χ3v) is 16.2. The van der Waals surface area contributed by atoms with E-state index in [0.29, 0.717) is 5.69 Å². The summed E-state index contributed by atoms with van der Waals surface area (Å²) in [4.78, 5) is 7.00. The Hall–Kier alpha value is -5.71. The number of anilines is 2. The Morgan fingerprint density at radius 1 is 0.604 bits per heavy atom. The molecule has 0 N–H and O–H groups in total. The van der Waals surface area contributed by atoms with Crippen LogP contribution in [0.25, 0.3) is 27.5 Å². The van der Waals surface area contributed by atoms with Gasteiger partial charge in [0.25, 0.3) is 0 Å². The summed E-state index contributed by atoms with van der Waals surface area (Å²) < 4.78 is 138. The molecule has 0 saturated heterocycles. The maximum Gasteiger partial charge on any atom is 0.179 e. The molecule has 4 heteroatoms. The molecular formula is C49H43N3Si. The van der Waals surface area contributed by atoms with Gasteiger partial charge >= 0.3 is 0 Å². The van der Waals surface area contributed by atoms with Crippen molar-refractivity contribution < 1.29 is 20.6 Å². The van der Waals surface area contributed by atoms with E-state index in [1.54, 1.807) is 18.2 Å². The first-order chi connectivity index (χ1) is 32.2. The minimum atomic E-state index is -5.32. The van der Waals surface area contributed by atoms with Crippen molar-refractivity contribution in [3.8, 4) is 5.69 Å². The summed E-state index contributed by atoms with van der Waals surface area (Å²) in [5, 5.41) is 0.225. The zero-order valence-corrected chi connectivity index (χ0v) is 30.3. The van der Waals surface area contributed by atoms with Crippen LogP contribution < -0.4 is 25.6 Å². The first kappa shape index (κ1) is 19.9. The second-order valence-corrected chi connectivity index (χ2v) is 18.0. The lowest BCUT2D eigenvalue weighted by atomic mass is 9.61. The van der Waals surface area contributed by atoms with Gasteiger partial charge in [-0.05, 0) is 88.5 Å². The molecule has 2 unspecified atom stereocenters. The zero-order valence-electron chi connectivity index (χ0n) is 44.3. The molecule has 2 aliphatic rings. The van der Waals surface area contributed by atoms with Crippen LogP contribution in [0.2, 0.25) is 0 Å². The summed E-state index contributed by atoms with van der Waals surface area (Å²) in [5.41, 5.74) is 4.90. The normalized spacial score (nSPS) is 23.7. The molecule has 0 bridgehead atoms. The minimum Gasteiger partial charge on any atom is -0.333 e. The van der Waals surface area contributed by atoms with Gasteiger partial charge in [0.15, 0.2) is 8.07 Å². The van der Waals surface area contributed by atoms with Gasteiger partial charge in [-0.15, -0.1) is 0 Å². The van der Waals surface area contributed by atoms with Crippen molar-refractivity contribution >= 4 is 62.0 Å². The highest BCUT2D eigenvalue weighted by Gasteiger charge is 2.57. The summed E-state index contributed by atoms with van der Waals surface area (Å²) in [6.45, 7) is 4.69. The Kier molecular flexibility index (Phi) is 4.58. The lowest BCUT2D eigenvalue weighted by molar-refractivity contribution is 0.195. The SMILES string of the molecule is [2H]c1c([2H])c([2H])c([Si](c2cccc(-n3c4ccccc4c4cc(N5c6cnccc6C6(C)CCCCC56C)ccc43)c2)(c2c([2H])c([2H])c([2H])c([2H])c2[2H])c2c([2H])c([2H])c([2H])c([2H])c2[2H])c([2H])c1[2H]. The molecule has 3 heterocycles. The van der Waals surface area contributed by atoms with Crippen LogP contribution in [0.15, 0.2) is 176 Å². The molecule has 2 aromatic heterocycles. The van der Waals surface area contributed by atoms with Crippen molar-refractivity contribution in [3.05, 3.63) is 181 Å². The predicted molar refractivity (Wildman–Crippen MR) is 225 cm³/mol. The van der Waals surface area contributed by atoms with Gasteiger partial charge in [0.1, 0.15) is 0 Å². The molecule has 0 amide bonds. The highest BCUT2D eigenvalue weighted by Crippen LogP contribution is 2.60. The summed E-state index contributed by atoms with van der Waals surface area (Å²) in [5.74, 6) is 0. The Labute approximate surface area is 334 Å². The van der Waals surface area contributed by atoms with E-state index in [2.05, 4.69) is 41.9 Å². The van der Waals surface area contributed by atoms with E-state index >= 15 is 0 Å². The fourth-order valence-corrected chi connectivity index (χ4v) is 13.2. The topological polar surface area (TPSA) is 21.1 Å². The highest BCUT2D eigenvalue weighted by molar-refractivity contribution is 7.19. The van der Waals surface area contributed by atoms with Gasteiger partial charge in [0.05, 0.1) is 49.0 Å². The smallest absolute Gasteiger partial charge is 0.179 e. The zero-order chi connectivity index (χ0) is 48.7. The average Bonchev–Trinajstić information content (AvgIpc) is 3.78. The van der Waals surface area contributed by atoms with Crippen LogP contribution >= 0.6 is 0 Å². The third kappa shape index (κ3) is 4.55. The number of nitrogens with zero attached hydrogens (tertiary/aromatic N) is 3. The second-order valence-electron chi connectivity index (χ2n) is 14.4. The molecule has 10 rings (SSSR count). The monoisotopic (exact) mass is 716 g/mol. The fraction of sp³-hybridized carbons (Fsp3) is 0.163. The summed E-state index contributed by atoms with van der Waals surface area (Å²) in [6.07, 6.45) is 8.03. The van der Waals surface area contributed by atoms with Gasteiger partial charge in [-0.25, -0.2) is 0 Å². The first-order valence-electron chi connectivity index (χ1n) is 25.4. The molecule has 1 fully saturated rings. The average molecular weight is 717 g/mol. The van der Waals surface area contributed by atoms with Gasteiger partial charge in [0.2, 0.25) is 0 Å². The van der Waals surface area contributed by atoms with E-state index in [1.807, 2.05) is 47.3 Å². The fourth-order valence-electron chi connectivity index (χ4n) is 9.37. The maximum absolute atomic E-state index is 9.49. The minimum absolute atomic E-state index is 0.0406. The molecule has 6 aromatic carbocycles. The molecule has 53 heavy (non-hydrogen) atoms. The van der Waals surface area contributed by atoms with Crippen LogP contribution in [0.3, 0.4) is 0 Å². The van der Waals surface area contributed by atoms with Crippen molar-refractivity contribution in [2.45, 2.75) is 50.5 Å². The second kappa shape index (κ2) is 12.2. The van der Waals surface area contributed by atoms with Crippen molar-refractivity contribution in [2.24, 2.45) is 0 Å². The molecule has 258 valence electrons. The molecular weight excluding hydrogens is 659 g/mol. The van der Waals surface area contributed by atoms with E-state index < -0.39 is 114 Å². The predicted octanol–water partition coefficient (Wildman–Crippen LogP) is 9.30. The van der Waals surface area contributed by atoms with Gasteiger partial charge < -0.3 is 9.47 Å². The number of pyridine rings is 1. The highest BCUT2D eigenvalue weighted by atomic mass is 28.3. The van der Waals surface area contributed by atoms with Gasteiger partial charge in [0, 0.05) is 33.8 Å². The summed E-state index contributed by atoms with van der Waals surface area (Å²) in [7, 11) is -5.32. The molecule has 1 saturated carbocycles. The molecule has 0 spiro atoms. The number of fused-ring (bicyclic) bond motifs is 6. The number of aromatic nitrogens is 2. The number of hydrogen-bond donors (Lipinski definition) is 0. The van der Waals surface area contributed by atoms with E-state index in [9.17, 15) is 8.22 Å². The van der Waals surface area contributed by atoms with Gasteiger partial charge in [-0.2, -0.15) is 0 Å². The Balaban J connectivity index is 1.33. The van der Waals surface area contributed by atoms with Crippen LogP contribution in [0.1, 0.15) is 65.7 Å². The lowest BCUT2D eigenvalue weighted by Gasteiger charge is -2.50. The molecule has 2 atom stereocenters. The standard InChI is InChI=1S/C49H43N3Si/c1-48-30-14-15-31-49(48,2)52(47-35-50-32-29-44(47)48)37-27-28-46-43(34-37)42-25-12-13-26-45(42)51(46)36-17-16-24-41(33-36)53(38-18-6-3-7-19-38,39-20-8-4-9-21-39)40-22-10-5-11-23-40/h3-13,16-29,32-35H,14-15,30-31H2,1-2H3/i3D,4D,5D,6D,7D,8D,9D,10D,11D,18D,19D,20D,21D,22D,23D. The number of para-hydroxylation sites is 1. The quantitative estimate of drug-likeness (QED) is 0.126. The molecule has 1 aliphatic carbocycles. The van der Waals surface area contributed by atoms with Crippen molar-refractivity contribution in [1.82, 2.24) is 9.55 Å². The molecule has 3 nitrogen and oxygen atoms in total.